The molecule has 2 N–H and O–H groups in total. The maximum absolute atomic E-state index is 12.3. The molecule has 2 heterocycles. The first kappa shape index (κ1) is 15.9. The molecule has 0 bridgehead atoms. The molecule has 0 radical (unpaired) electrons. The maximum Gasteiger partial charge on any atom is 0.306 e. The van der Waals surface area contributed by atoms with Crippen LogP contribution < -0.4 is 14.8 Å². The Hall–Kier alpha value is -2.61. The van der Waals surface area contributed by atoms with E-state index in [1.54, 1.807) is 5.38 Å². The predicted octanol–water partition coefficient (Wildman–Crippen LogP) is 2.52. The van der Waals surface area contributed by atoms with E-state index < -0.39 is 5.97 Å². The van der Waals surface area contributed by atoms with E-state index in [4.69, 9.17) is 14.6 Å². The average molecular weight is 360 g/mol. The maximum atomic E-state index is 12.3. The summed E-state index contributed by atoms with van der Waals surface area (Å²) in [7, 11) is 0. The summed E-state index contributed by atoms with van der Waals surface area (Å²) in [4.78, 5) is 27.7. The van der Waals surface area contributed by atoms with Gasteiger partial charge in [-0.1, -0.05) is 0 Å². The Morgan fingerprint density at radius 2 is 2.08 bits per heavy atom. The van der Waals surface area contributed by atoms with Gasteiger partial charge in [-0.2, -0.15) is 0 Å². The van der Waals surface area contributed by atoms with Gasteiger partial charge >= 0.3 is 5.97 Å². The lowest BCUT2D eigenvalue weighted by Gasteiger charge is -2.10. The quantitative estimate of drug-likeness (QED) is 0.869. The number of aliphatic carboxylic acids is 1. The zero-order valence-corrected chi connectivity index (χ0v) is 14.0. The predicted molar refractivity (Wildman–Crippen MR) is 89.9 cm³/mol. The van der Waals surface area contributed by atoms with Crippen LogP contribution in [0.4, 0.5) is 0 Å². The van der Waals surface area contributed by atoms with Crippen LogP contribution >= 0.6 is 11.3 Å². The summed E-state index contributed by atoms with van der Waals surface area (Å²) in [5.41, 5.74) is 1.21. The van der Waals surface area contributed by atoms with Crippen LogP contribution in [0.1, 0.15) is 29.8 Å². The highest BCUT2D eigenvalue weighted by Crippen LogP contribution is 2.36. The standard InChI is InChI=1S/C17H16N2O5S/c20-15(18-11-3-1-10(5-11)17(21)22)12-7-25-16(19-12)9-2-4-13-14(6-9)24-8-23-13/h2,4,6-7,10-11H,1,3,5,8H2,(H,18,20)(H,21,22)/t10-,11+/m1/s1. The summed E-state index contributed by atoms with van der Waals surface area (Å²) in [5, 5.41) is 14.3. The van der Waals surface area contributed by atoms with E-state index >= 15 is 0 Å². The Balaban J connectivity index is 1.44. The molecule has 1 aliphatic carbocycles. The number of aromatic nitrogens is 1. The van der Waals surface area contributed by atoms with Crippen molar-refractivity contribution in [3.63, 3.8) is 0 Å². The molecule has 0 unspecified atom stereocenters. The van der Waals surface area contributed by atoms with E-state index in [2.05, 4.69) is 10.3 Å². The number of nitrogens with one attached hydrogen (secondary N) is 1. The molecule has 4 rings (SSSR count). The second-order valence-electron chi connectivity index (χ2n) is 6.12. The number of thiazole rings is 1. The van der Waals surface area contributed by atoms with Gasteiger partial charge in [0.05, 0.1) is 5.92 Å². The number of carbonyl (C=O) groups excluding carboxylic acids is 1. The molecule has 25 heavy (non-hydrogen) atoms. The first-order valence-corrected chi connectivity index (χ1v) is 8.87. The fourth-order valence-electron chi connectivity index (χ4n) is 3.14. The van der Waals surface area contributed by atoms with Crippen LogP contribution in [0.2, 0.25) is 0 Å². The SMILES string of the molecule is O=C(N[C@H]1CC[C@@H](C(=O)O)C1)c1csc(-c2ccc3c(c2)OCO3)n1. The number of carboxylic acids is 1. The van der Waals surface area contributed by atoms with Gasteiger partial charge in [0.15, 0.2) is 11.5 Å². The van der Waals surface area contributed by atoms with Crippen LogP contribution in [0.15, 0.2) is 23.6 Å². The molecule has 1 aromatic carbocycles. The number of ether oxygens (including phenoxy) is 2. The fraction of sp³-hybridized carbons (Fsp3) is 0.353. The summed E-state index contributed by atoms with van der Waals surface area (Å²) in [6, 6.07) is 5.44. The van der Waals surface area contributed by atoms with Crippen molar-refractivity contribution in [2.24, 2.45) is 5.92 Å². The number of hydrogen-bond acceptors (Lipinski definition) is 6. The van der Waals surface area contributed by atoms with E-state index in [-0.39, 0.29) is 24.7 Å². The molecular formula is C17H16N2O5S. The Morgan fingerprint density at radius 3 is 2.88 bits per heavy atom. The highest BCUT2D eigenvalue weighted by Gasteiger charge is 2.31. The van der Waals surface area contributed by atoms with Crippen LogP contribution in [0.25, 0.3) is 10.6 Å². The molecule has 2 aliphatic rings. The molecule has 130 valence electrons. The zero-order valence-electron chi connectivity index (χ0n) is 13.2. The largest absolute Gasteiger partial charge is 0.481 e. The Bertz CT molecular complexity index is 834. The van der Waals surface area contributed by atoms with Gasteiger partial charge in [-0.15, -0.1) is 11.3 Å². The minimum atomic E-state index is -0.796. The minimum absolute atomic E-state index is 0.107. The van der Waals surface area contributed by atoms with Gasteiger partial charge in [-0.3, -0.25) is 9.59 Å². The van der Waals surface area contributed by atoms with E-state index in [0.717, 1.165) is 10.6 Å². The summed E-state index contributed by atoms with van der Waals surface area (Å²) < 4.78 is 10.6. The number of benzene rings is 1. The molecule has 2 aromatic rings. The number of hydrogen-bond donors (Lipinski definition) is 2. The molecule has 1 aromatic heterocycles. The van der Waals surface area contributed by atoms with Gasteiger partial charge < -0.3 is 19.9 Å². The minimum Gasteiger partial charge on any atom is -0.481 e. The lowest BCUT2D eigenvalue weighted by atomic mass is 10.1. The second-order valence-corrected chi connectivity index (χ2v) is 6.98. The van der Waals surface area contributed by atoms with Crippen molar-refractivity contribution in [3.05, 3.63) is 29.3 Å². The number of nitrogens with zero attached hydrogens (tertiary/aromatic N) is 1. The molecule has 0 spiro atoms. The first-order valence-electron chi connectivity index (χ1n) is 7.99. The lowest BCUT2D eigenvalue weighted by Crippen LogP contribution is -2.33. The molecule has 1 fully saturated rings. The van der Waals surface area contributed by atoms with Crippen LogP contribution in [0, 0.1) is 5.92 Å². The zero-order chi connectivity index (χ0) is 17.4. The Morgan fingerprint density at radius 1 is 1.24 bits per heavy atom. The van der Waals surface area contributed by atoms with Gasteiger partial charge in [0, 0.05) is 17.0 Å². The van der Waals surface area contributed by atoms with Crippen LogP contribution in [-0.2, 0) is 4.79 Å². The number of rotatable bonds is 4. The van der Waals surface area contributed by atoms with Crippen molar-refractivity contribution in [1.82, 2.24) is 10.3 Å². The normalized spacial score (nSPS) is 21.3. The number of carbonyl (C=O) groups is 2. The van der Waals surface area contributed by atoms with Gasteiger partial charge in [-0.05, 0) is 37.5 Å². The second kappa shape index (κ2) is 6.36. The molecule has 2 atom stereocenters. The van der Waals surface area contributed by atoms with E-state index in [1.807, 2.05) is 18.2 Å². The molecule has 8 heteroatoms. The monoisotopic (exact) mass is 360 g/mol. The van der Waals surface area contributed by atoms with Crippen LogP contribution in [0.5, 0.6) is 11.5 Å². The third kappa shape index (κ3) is 3.17. The smallest absolute Gasteiger partial charge is 0.306 e. The van der Waals surface area contributed by atoms with E-state index in [9.17, 15) is 9.59 Å². The van der Waals surface area contributed by atoms with Gasteiger partial charge in [0.25, 0.3) is 5.91 Å². The molecule has 1 amide bonds. The third-order valence-corrected chi connectivity index (χ3v) is 5.36. The third-order valence-electron chi connectivity index (χ3n) is 4.47. The highest BCUT2D eigenvalue weighted by atomic mass is 32.1. The van der Waals surface area contributed by atoms with Crippen molar-refractivity contribution in [3.8, 4) is 22.1 Å². The topological polar surface area (TPSA) is 97.8 Å². The molecule has 0 saturated heterocycles. The lowest BCUT2D eigenvalue weighted by molar-refractivity contribution is -0.141. The molecular weight excluding hydrogens is 344 g/mol. The molecule has 1 saturated carbocycles. The number of fused-ring (bicyclic) bond motifs is 1. The summed E-state index contributed by atoms with van der Waals surface area (Å²) in [6.45, 7) is 0.211. The number of carboxylic acid groups (broad SMARTS) is 1. The average Bonchev–Trinajstić information content (AvgIpc) is 3.33. The van der Waals surface area contributed by atoms with Gasteiger partial charge in [0.2, 0.25) is 6.79 Å². The molecule has 7 nitrogen and oxygen atoms in total. The van der Waals surface area contributed by atoms with Crippen molar-refractivity contribution >= 4 is 23.2 Å². The van der Waals surface area contributed by atoms with Crippen LogP contribution in [0.3, 0.4) is 0 Å². The van der Waals surface area contributed by atoms with E-state index in [1.165, 1.54) is 11.3 Å². The van der Waals surface area contributed by atoms with Gasteiger partial charge in [0.1, 0.15) is 10.7 Å². The van der Waals surface area contributed by atoms with E-state index in [0.29, 0.717) is 36.5 Å². The Kier molecular flexibility index (Phi) is 4.04. The van der Waals surface area contributed by atoms with Crippen molar-refractivity contribution < 1.29 is 24.2 Å². The Labute approximate surface area is 147 Å². The van der Waals surface area contributed by atoms with Crippen molar-refractivity contribution in [2.75, 3.05) is 6.79 Å². The fourth-order valence-corrected chi connectivity index (χ4v) is 3.93. The highest BCUT2D eigenvalue weighted by molar-refractivity contribution is 7.13. The first-order chi connectivity index (χ1) is 12.1. The van der Waals surface area contributed by atoms with Crippen LogP contribution in [-0.4, -0.2) is 34.8 Å². The molecule has 1 aliphatic heterocycles. The summed E-state index contributed by atoms with van der Waals surface area (Å²) in [6.07, 6.45) is 1.75. The number of amides is 1. The summed E-state index contributed by atoms with van der Waals surface area (Å²) >= 11 is 1.38. The van der Waals surface area contributed by atoms with Crippen molar-refractivity contribution in [2.45, 2.75) is 25.3 Å². The van der Waals surface area contributed by atoms with Gasteiger partial charge in [-0.25, -0.2) is 4.98 Å². The summed E-state index contributed by atoms with van der Waals surface area (Å²) in [5.74, 6) is -0.0587. The van der Waals surface area contributed by atoms with Crippen molar-refractivity contribution in [1.29, 1.82) is 0 Å².